The average Bonchev–Trinajstić information content (AvgIpc) is 2.36. The van der Waals surface area contributed by atoms with Crippen molar-refractivity contribution in [3.8, 4) is 0 Å². The molecule has 1 heterocycles. The minimum atomic E-state index is -0.786. The highest BCUT2D eigenvalue weighted by Crippen LogP contribution is 2.34. The summed E-state index contributed by atoms with van der Waals surface area (Å²) in [5.74, 6) is -0.761. The third-order valence-corrected chi connectivity index (χ3v) is 4.06. The third kappa shape index (κ3) is 2.94. The van der Waals surface area contributed by atoms with E-state index in [2.05, 4.69) is 0 Å². The van der Waals surface area contributed by atoms with Gasteiger partial charge in [0.25, 0.3) is 0 Å². The molecule has 0 aromatic rings. The summed E-state index contributed by atoms with van der Waals surface area (Å²) in [4.78, 5) is 26.8. The van der Waals surface area contributed by atoms with Gasteiger partial charge in [-0.05, 0) is 39.5 Å². The van der Waals surface area contributed by atoms with E-state index in [1.807, 2.05) is 6.92 Å². The summed E-state index contributed by atoms with van der Waals surface area (Å²) in [6.45, 7) is 7.37. The lowest BCUT2D eigenvalue weighted by atomic mass is 9.74. The average molecular weight is 256 g/mol. The number of hydrogen-bond acceptors (Lipinski definition) is 2. The van der Waals surface area contributed by atoms with Gasteiger partial charge >= 0.3 is 12.0 Å². The first-order valence-corrected chi connectivity index (χ1v) is 6.54. The Morgan fingerprint density at radius 2 is 2.06 bits per heavy atom. The fourth-order valence-corrected chi connectivity index (χ4v) is 2.29. The Morgan fingerprint density at radius 3 is 2.56 bits per heavy atom. The Morgan fingerprint density at radius 1 is 1.44 bits per heavy atom. The second-order valence-corrected chi connectivity index (χ2v) is 5.61. The van der Waals surface area contributed by atoms with E-state index in [1.165, 1.54) is 0 Å². The molecule has 1 fully saturated rings. The van der Waals surface area contributed by atoms with Crippen molar-refractivity contribution in [1.82, 2.24) is 9.80 Å². The first kappa shape index (κ1) is 14.8. The van der Waals surface area contributed by atoms with E-state index in [0.717, 1.165) is 19.4 Å². The molecule has 1 unspecified atom stereocenters. The summed E-state index contributed by atoms with van der Waals surface area (Å²) in [7, 11) is 1.77. The highest BCUT2D eigenvalue weighted by molar-refractivity contribution is 5.76. The molecule has 1 rings (SSSR count). The topological polar surface area (TPSA) is 60.9 Å². The number of piperidine rings is 1. The Hall–Kier alpha value is -1.26. The minimum Gasteiger partial charge on any atom is -0.481 e. The number of rotatable bonds is 3. The second kappa shape index (κ2) is 5.59. The van der Waals surface area contributed by atoms with Crippen LogP contribution in [0.15, 0.2) is 0 Å². The Bertz CT molecular complexity index is 328. The van der Waals surface area contributed by atoms with Crippen molar-refractivity contribution < 1.29 is 14.7 Å². The summed E-state index contributed by atoms with van der Waals surface area (Å²) < 4.78 is 0. The van der Waals surface area contributed by atoms with Gasteiger partial charge in [-0.3, -0.25) is 4.79 Å². The molecule has 0 aromatic heterocycles. The van der Waals surface area contributed by atoms with Crippen LogP contribution in [0.2, 0.25) is 0 Å². The molecular formula is C13H24N2O3. The highest BCUT2D eigenvalue weighted by Gasteiger charge is 2.40. The molecule has 2 amide bonds. The Balaban J connectivity index is 2.73. The van der Waals surface area contributed by atoms with Crippen molar-refractivity contribution in [2.45, 2.75) is 33.6 Å². The van der Waals surface area contributed by atoms with E-state index in [1.54, 1.807) is 30.7 Å². The number of urea groups is 1. The van der Waals surface area contributed by atoms with E-state index in [0.29, 0.717) is 13.1 Å². The smallest absolute Gasteiger partial charge is 0.319 e. The summed E-state index contributed by atoms with van der Waals surface area (Å²) in [5.41, 5.74) is -0.774. The van der Waals surface area contributed by atoms with Gasteiger partial charge in [-0.1, -0.05) is 0 Å². The normalized spacial score (nSPS) is 20.7. The fourth-order valence-electron chi connectivity index (χ4n) is 2.29. The van der Waals surface area contributed by atoms with Crippen LogP contribution >= 0.6 is 0 Å². The standard InChI is InChI=1S/C13H24N2O3/c1-5-14(4)12(18)15-8-6-7-10(9-15)13(2,3)11(16)17/h10H,5-9H2,1-4H3,(H,16,17). The molecule has 1 aliphatic heterocycles. The summed E-state index contributed by atoms with van der Waals surface area (Å²) in [6, 6.07) is 0.00314. The van der Waals surface area contributed by atoms with Gasteiger partial charge in [0.15, 0.2) is 0 Å². The van der Waals surface area contributed by atoms with Crippen LogP contribution in [-0.4, -0.2) is 53.6 Å². The quantitative estimate of drug-likeness (QED) is 0.838. The van der Waals surface area contributed by atoms with Crippen LogP contribution in [-0.2, 0) is 4.79 Å². The minimum absolute atomic E-state index is 0.00314. The number of carboxylic acids is 1. The molecule has 0 bridgehead atoms. The molecule has 5 nitrogen and oxygen atoms in total. The SMILES string of the molecule is CCN(C)C(=O)N1CCCC(C(C)(C)C(=O)O)C1. The predicted octanol–water partition coefficient (Wildman–Crippen LogP) is 1.88. The monoisotopic (exact) mass is 256 g/mol. The lowest BCUT2D eigenvalue weighted by molar-refractivity contribution is -0.151. The van der Waals surface area contributed by atoms with Crippen molar-refractivity contribution in [2.75, 3.05) is 26.7 Å². The number of amides is 2. The Kier molecular flexibility index (Phi) is 4.59. The van der Waals surface area contributed by atoms with Crippen molar-refractivity contribution in [3.63, 3.8) is 0 Å². The van der Waals surface area contributed by atoms with Crippen LogP contribution in [0.4, 0.5) is 4.79 Å². The molecule has 0 aromatic carbocycles. The number of aliphatic carboxylic acids is 1. The second-order valence-electron chi connectivity index (χ2n) is 5.61. The van der Waals surface area contributed by atoms with Crippen molar-refractivity contribution in [1.29, 1.82) is 0 Å². The lowest BCUT2D eigenvalue weighted by Gasteiger charge is -2.40. The third-order valence-electron chi connectivity index (χ3n) is 4.06. The van der Waals surface area contributed by atoms with Crippen molar-refractivity contribution >= 4 is 12.0 Å². The van der Waals surface area contributed by atoms with E-state index in [4.69, 9.17) is 0 Å². The highest BCUT2D eigenvalue weighted by atomic mass is 16.4. The van der Waals surface area contributed by atoms with Crippen LogP contribution in [0.3, 0.4) is 0 Å². The van der Waals surface area contributed by atoms with Crippen LogP contribution in [0.1, 0.15) is 33.6 Å². The first-order chi connectivity index (χ1) is 8.30. The van der Waals surface area contributed by atoms with E-state index in [9.17, 15) is 14.7 Å². The van der Waals surface area contributed by atoms with Crippen LogP contribution in [0.25, 0.3) is 0 Å². The van der Waals surface area contributed by atoms with Crippen LogP contribution in [0, 0.1) is 11.3 Å². The van der Waals surface area contributed by atoms with Gasteiger partial charge in [0, 0.05) is 26.7 Å². The zero-order chi connectivity index (χ0) is 13.9. The molecule has 18 heavy (non-hydrogen) atoms. The number of carbonyl (C=O) groups is 2. The maximum atomic E-state index is 12.1. The molecule has 104 valence electrons. The molecule has 5 heteroatoms. The van der Waals surface area contributed by atoms with Gasteiger partial charge in [0.05, 0.1) is 5.41 Å². The van der Waals surface area contributed by atoms with Gasteiger partial charge in [0.2, 0.25) is 0 Å². The fraction of sp³-hybridized carbons (Fsp3) is 0.846. The van der Waals surface area contributed by atoms with Crippen molar-refractivity contribution in [3.05, 3.63) is 0 Å². The number of nitrogens with zero attached hydrogens (tertiary/aromatic N) is 2. The van der Waals surface area contributed by atoms with Gasteiger partial charge in [-0.25, -0.2) is 4.79 Å². The van der Waals surface area contributed by atoms with E-state index < -0.39 is 11.4 Å². The molecule has 0 spiro atoms. The molecule has 1 aliphatic rings. The van der Waals surface area contributed by atoms with Gasteiger partial charge in [0.1, 0.15) is 0 Å². The molecular weight excluding hydrogens is 232 g/mol. The number of hydrogen-bond donors (Lipinski definition) is 1. The molecule has 0 saturated carbocycles. The zero-order valence-corrected chi connectivity index (χ0v) is 11.8. The van der Waals surface area contributed by atoms with E-state index in [-0.39, 0.29) is 11.9 Å². The van der Waals surface area contributed by atoms with Gasteiger partial charge in [-0.15, -0.1) is 0 Å². The van der Waals surface area contributed by atoms with E-state index >= 15 is 0 Å². The van der Waals surface area contributed by atoms with Crippen molar-refractivity contribution in [2.24, 2.45) is 11.3 Å². The number of likely N-dealkylation sites (tertiary alicyclic amines) is 1. The largest absolute Gasteiger partial charge is 0.481 e. The lowest BCUT2D eigenvalue weighted by Crippen LogP contribution is -2.50. The molecule has 0 radical (unpaired) electrons. The van der Waals surface area contributed by atoms with Crippen LogP contribution < -0.4 is 0 Å². The predicted molar refractivity (Wildman–Crippen MR) is 69.4 cm³/mol. The summed E-state index contributed by atoms with van der Waals surface area (Å²) in [5, 5.41) is 9.26. The molecule has 1 atom stereocenters. The summed E-state index contributed by atoms with van der Waals surface area (Å²) in [6.07, 6.45) is 1.75. The zero-order valence-electron chi connectivity index (χ0n) is 11.8. The van der Waals surface area contributed by atoms with Gasteiger partial charge in [-0.2, -0.15) is 0 Å². The number of carboxylic acid groups (broad SMARTS) is 1. The Labute approximate surface area is 109 Å². The number of carbonyl (C=O) groups excluding carboxylic acids is 1. The molecule has 0 aliphatic carbocycles. The molecule has 1 saturated heterocycles. The summed E-state index contributed by atoms with van der Waals surface area (Å²) >= 11 is 0. The molecule has 1 N–H and O–H groups in total. The first-order valence-electron chi connectivity index (χ1n) is 6.54. The van der Waals surface area contributed by atoms with Crippen LogP contribution in [0.5, 0.6) is 0 Å². The van der Waals surface area contributed by atoms with Gasteiger partial charge < -0.3 is 14.9 Å². The maximum Gasteiger partial charge on any atom is 0.319 e. The maximum absolute atomic E-state index is 12.1.